The Bertz CT molecular complexity index is 777. The van der Waals surface area contributed by atoms with Gasteiger partial charge in [-0.2, -0.15) is 5.10 Å². The zero-order valence-electron chi connectivity index (χ0n) is 18.0. The normalized spacial score (nSPS) is 17.8. The number of rotatable bonds is 5. The van der Waals surface area contributed by atoms with E-state index in [9.17, 15) is 9.59 Å². The molecule has 164 valence electrons. The standard InChI is InChI=1S/C21H32N6O3/c1-21(2,3)30-20(29)25-12-10-18(11-13-25)27(17-8-9-17)19(28)15-4-6-16(7-5-15)26(23)14-24-22/h4-7,14,17-18H,8-13,22-23H2,1-3H3/b24-14-. The van der Waals surface area contributed by atoms with Crippen molar-refractivity contribution in [1.29, 1.82) is 0 Å². The fourth-order valence-electron chi connectivity index (χ4n) is 3.70. The van der Waals surface area contributed by atoms with Crippen LogP contribution in [0.1, 0.15) is 56.8 Å². The quantitative estimate of drug-likeness (QED) is 0.329. The van der Waals surface area contributed by atoms with Crippen LogP contribution in [0.25, 0.3) is 0 Å². The summed E-state index contributed by atoms with van der Waals surface area (Å²) >= 11 is 0. The highest BCUT2D eigenvalue weighted by atomic mass is 16.6. The Balaban J connectivity index is 1.64. The predicted molar refractivity (Wildman–Crippen MR) is 116 cm³/mol. The van der Waals surface area contributed by atoms with E-state index in [1.165, 1.54) is 11.3 Å². The number of likely N-dealkylation sites (tertiary alicyclic amines) is 1. The highest BCUT2D eigenvalue weighted by Crippen LogP contribution is 2.33. The van der Waals surface area contributed by atoms with E-state index in [0.717, 1.165) is 25.7 Å². The van der Waals surface area contributed by atoms with Crippen molar-refractivity contribution in [3.8, 4) is 0 Å². The summed E-state index contributed by atoms with van der Waals surface area (Å²) < 4.78 is 5.47. The van der Waals surface area contributed by atoms with E-state index in [1.54, 1.807) is 29.2 Å². The second kappa shape index (κ2) is 8.91. The number of anilines is 1. The maximum Gasteiger partial charge on any atom is 0.410 e. The second-order valence-electron chi connectivity index (χ2n) is 8.86. The third-order valence-corrected chi connectivity index (χ3v) is 5.29. The van der Waals surface area contributed by atoms with Gasteiger partial charge in [0.05, 0.1) is 5.69 Å². The van der Waals surface area contributed by atoms with Crippen molar-refractivity contribution in [1.82, 2.24) is 9.80 Å². The van der Waals surface area contributed by atoms with Gasteiger partial charge in [-0.25, -0.2) is 10.6 Å². The van der Waals surface area contributed by atoms with E-state index in [2.05, 4.69) is 5.10 Å². The molecule has 2 aliphatic rings. The first kappa shape index (κ1) is 21.9. The number of carbonyl (C=O) groups is 2. The molecule has 0 spiro atoms. The van der Waals surface area contributed by atoms with Crippen LogP contribution in [0.15, 0.2) is 29.4 Å². The van der Waals surface area contributed by atoms with Gasteiger partial charge in [-0.05, 0) is 70.7 Å². The molecule has 2 amide bonds. The average Bonchev–Trinajstić information content (AvgIpc) is 3.52. The van der Waals surface area contributed by atoms with Gasteiger partial charge < -0.3 is 20.4 Å². The summed E-state index contributed by atoms with van der Waals surface area (Å²) in [6.07, 6.45) is 4.57. The van der Waals surface area contributed by atoms with Crippen molar-refractivity contribution in [2.75, 3.05) is 18.1 Å². The number of amides is 2. The molecule has 1 aromatic rings. The minimum atomic E-state index is -0.509. The molecular weight excluding hydrogens is 384 g/mol. The number of nitrogens with two attached hydrogens (primary N) is 2. The molecule has 2 fully saturated rings. The Morgan fingerprint density at radius 3 is 2.17 bits per heavy atom. The van der Waals surface area contributed by atoms with Crippen molar-refractivity contribution in [2.45, 2.75) is 64.1 Å². The van der Waals surface area contributed by atoms with Gasteiger partial charge in [0.2, 0.25) is 0 Å². The third-order valence-electron chi connectivity index (χ3n) is 5.29. The number of hydrazine groups is 1. The van der Waals surface area contributed by atoms with E-state index in [4.69, 9.17) is 16.4 Å². The molecule has 1 saturated carbocycles. The molecule has 9 heteroatoms. The number of ether oxygens (including phenoxy) is 1. The Labute approximate surface area is 177 Å². The van der Waals surface area contributed by atoms with Gasteiger partial charge in [0.15, 0.2) is 0 Å². The van der Waals surface area contributed by atoms with Crippen molar-refractivity contribution < 1.29 is 14.3 Å². The Hall–Kier alpha value is -2.81. The summed E-state index contributed by atoms with van der Waals surface area (Å²) in [7, 11) is 0. The molecule has 0 bridgehead atoms. The number of piperidine rings is 1. The number of carbonyl (C=O) groups excluding carboxylic acids is 2. The van der Waals surface area contributed by atoms with Gasteiger partial charge in [-0.1, -0.05) is 0 Å². The predicted octanol–water partition coefficient (Wildman–Crippen LogP) is 2.27. The van der Waals surface area contributed by atoms with Gasteiger partial charge in [0.1, 0.15) is 11.9 Å². The van der Waals surface area contributed by atoms with E-state index in [1.807, 2.05) is 25.7 Å². The molecule has 0 radical (unpaired) electrons. The smallest absolute Gasteiger partial charge is 0.410 e. The van der Waals surface area contributed by atoms with Crippen molar-refractivity contribution >= 4 is 24.0 Å². The molecule has 1 heterocycles. The summed E-state index contributed by atoms with van der Waals surface area (Å²) in [6, 6.07) is 7.49. The van der Waals surface area contributed by atoms with Crippen LogP contribution in [0.3, 0.4) is 0 Å². The first-order valence-corrected chi connectivity index (χ1v) is 10.4. The molecule has 3 rings (SSSR count). The lowest BCUT2D eigenvalue weighted by Gasteiger charge is -2.39. The fourth-order valence-corrected chi connectivity index (χ4v) is 3.70. The van der Waals surface area contributed by atoms with E-state index >= 15 is 0 Å². The lowest BCUT2D eigenvalue weighted by atomic mass is 10.0. The lowest BCUT2D eigenvalue weighted by Crippen LogP contribution is -2.50. The average molecular weight is 417 g/mol. The number of nitrogens with zero attached hydrogens (tertiary/aromatic N) is 4. The minimum Gasteiger partial charge on any atom is -0.444 e. The van der Waals surface area contributed by atoms with Crippen LogP contribution in [0.2, 0.25) is 0 Å². The van der Waals surface area contributed by atoms with E-state index in [-0.39, 0.29) is 24.1 Å². The Morgan fingerprint density at radius 2 is 1.67 bits per heavy atom. The van der Waals surface area contributed by atoms with E-state index in [0.29, 0.717) is 24.3 Å². The van der Waals surface area contributed by atoms with Gasteiger partial charge >= 0.3 is 6.09 Å². The zero-order chi connectivity index (χ0) is 21.9. The Morgan fingerprint density at radius 1 is 1.10 bits per heavy atom. The van der Waals surface area contributed by atoms with Crippen molar-refractivity contribution in [3.63, 3.8) is 0 Å². The number of hydrazone groups is 1. The van der Waals surface area contributed by atoms with Crippen LogP contribution in [0, 0.1) is 0 Å². The molecular formula is C21H32N6O3. The van der Waals surface area contributed by atoms with Crippen LogP contribution in [0.5, 0.6) is 0 Å². The molecule has 1 saturated heterocycles. The summed E-state index contributed by atoms with van der Waals surface area (Å²) in [5.41, 5.74) is 0.799. The fraction of sp³-hybridized carbons (Fsp3) is 0.571. The molecule has 9 nitrogen and oxygen atoms in total. The van der Waals surface area contributed by atoms with Gasteiger partial charge in [0.25, 0.3) is 5.91 Å². The van der Waals surface area contributed by atoms with Gasteiger partial charge in [0, 0.05) is 30.7 Å². The molecule has 0 unspecified atom stereocenters. The van der Waals surface area contributed by atoms with Crippen LogP contribution >= 0.6 is 0 Å². The van der Waals surface area contributed by atoms with Crippen LogP contribution in [-0.2, 0) is 4.74 Å². The molecule has 1 aliphatic heterocycles. The first-order chi connectivity index (χ1) is 14.2. The molecule has 30 heavy (non-hydrogen) atoms. The van der Waals surface area contributed by atoms with Crippen LogP contribution in [-0.4, -0.2) is 58.9 Å². The summed E-state index contributed by atoms with van der Waals surface area (Å²) in [5, 5.41) is 4.68. The van der Waals surface area contributed by atoms with Gasteiger partial charge in [-0.3, -0.25) is 9.80 Å². The molecule has 1 aliphatic carbocycles. The highest BCUT2D eigenvalue weighted by Gasteiger charge is 2.39. The number of benzene rings is 1. The van der Waals surface area contributed by atoms with Crippen LogP contribution in [0.4, 0.5) is 10.5 Å². The maximum absolute atomic E-state index is 13.3. The number of hydrogen-bond donors (Lipinski definition) is 2. The molecule has 0 aromatic heterocycles. The summed E-state index contributed by atoms with van der Waals surface area (Å²) in [4.78, 5) is 29.3. The zero-order valence-corrected chi connectivity index (χ0v) is 18.0. The maximum atomic E-state index is 13.3. The largest absolute Gasteiger partial charge is 0.444 e. The van der Waals surface area contributed by atoms with Gasteiger partial charge in [-0.15, -0.1) is 0 Å². The van der Waals surface area contributed by atoms with E-state index < -0.39 is 5.60 Å². The topological polar surface area (TPSA) is 117 Å². The highest BCUT2D eigenvalue weighted by molar-refractivity contribution is 5.95. The molecule has 0 atom stereocenters. The Kier molecular flexibility index (Phi) is 6.50. The lowest BCUT2D eigenvalue weighted by molar-refractivity contribution is 0.0142. The third kappa shape index (κ3) is 5.41. The van der Waals surface area contributed by atoms with Crippen molar-refractivity contribution in [3.05, 3.63) is 29.8 Å². The van der Waals surface area contributed by atoms with Crippen LogP contribution < -0.4 is 16.7 Å². The molecule has 1 aromatic carbocycles. The second-order valence-corrected chi connectivity index (χ2v) is 8.86. The van der Waals surface area contributed by atoms with Crippen molar-refractivity contribution in [2.24, 2.45) is 16.8 Å². The SMILES string of the molecule is CC(C)(C)OC(=O)N1CCC(N(C(=O)c2ccc(N(N)/C=N\N)cc2)C2CC2)CC1. The molecule has 4 N–H and O–H groups in total. The first-order valence-electron chi connectivity index (χ1n) is 10.4. The minimum absolute atomic E-state index is 0.0239. The summed E-state index contributed by atoms with van der Waals surface area (Å²) in [6.45, 7) is 6.78. The monoisotopic (exact) mass is 416 g/mol. The summed E-state index contributed by atoms with van der Waals surface area (Å²) in [5.74, 6) is 11.0. The number of hydrogen-bond acceptors (Lipinski definition) is 6.